The molecule has 0 aliphatic heterocycles. The molecular weight excluding hydrogens is 260 g/mol. The highest BCUT2D eigenvalue weighted by atomic mass is 16.5. The number of nitrogens with two attached hydrogens (primary N) is 1. The van der Waals surface area contributed by atoms with Crippen molar-refractivity contribution in [2.45, 2.75) is 6.42 Å². The third-order valence-corrected chi connectivity index (χ3v) is 2.82. The highest BCUT2D eigenvalue weighted by Gasteiger charge is 2.15. The van der Waals surface area contributed by atoms with Crippen molar-refractivity contribution in [2.75, 3.05) is 26.1 Å². The molecule has 1 aromatic carbocycles. The lowest BCUT2D eigenvalue weighted by atomic mass is 10.2. The zero-order valence-electron chi connectivity index (χ0n) is 11.1. The lowest BCUT2D eigenvalue weighted by molar-refractivity contribution is 0.0934. The first-order valence-electron chi connectivity index (χ1n) is 6.19. The van der Waals surface area contributed by atoms with Gasteiger partial charge in [-0.3, -0.25) is 9.59 Å². The lowest BCUT2D eigenvalue weighted by Crippen LogP contribution is -2.38. The van der Waals surface area contributed by atoms with Gasteiger partial charge in [0.15, 0.2) is 0 Å². The molecule has 0 saturated heterocycles. The van der Waals surface area contributed by atoms with Crippen LogP contribution in [0.5, 0.6) is 0 Å². The highest BCUT2D eigenvalue weighted by Crippen LogP contribution is 2.06. The number of aromatic nitrogens is 2. The van der Waals surface area contributed by atoms with E-state index in [1.165, 1.54) is 0 Å². The summed E-state index contributed by atoms with van der Waals surface area (Å²) in [5, 5.41) is 3.03. The van der Waals surface area contributed by atoms with Gasteiger partial charge in [0.25, 0.3) is 11.5 Å². The molecule has 0 aliphatic carbocycles. The van der Waals surface area contributed by atoms with Gasteiger partial charge in [-0.25, -0.2) is 9.66 Å². The molecule has 106 valence electrons. The summed E-state index contributed by atoms with van der Waals surface area (Å²) in [4.78, 5) is 28.1. The van der Waals surface area contributed by atoms with Crippen LogP contribution in [0, 0.1) is 0 Å². The minimum Gasteiger partial charge on any atom is -0.385 e. The van der Waals surface area contributed by atoms with E-state index < -0.39 is 11.5 Å². The standard InChI is InChI=1S/C13H16N4O3/c1-20-8-4-7-15-12(18)11-16-10-6-3-2-5-9(10)13(19)17(11)14/h2-3,5-6H,4,7-8,14H2,1H3,(H,15,18). The van der Waals surface area contributed by atoms with Crippen LogP contribution < -0.4 is 16.7 Å². The Balaban J connectivity index is 2.28. The molecule has 3 N–H and O–H groups in total. The number of nitrogen functional groups attached to an aromatic ring is 1. The molecule has 0 atom stereocenters. The maximum atomic E-state index is 12.0. The quantitative estimate of drug-likeness (QED) is 0.585. The van der Waals surface area contributed by atoms with E-state index in [2.05, 4.69) is 10.3 Å². The highest BCUT2D eigenvalue weighted by molar-refractivity contribution is 5.92. The van der Waals surface area contributed by atoms with Gasteiger partial charge in [0.05, 0.1) is 10.9 Å². The second-order valence-corrected chi connectivity index (χ2v) is 4.23. The Bertz CT molecular complexity index is 681. The maximum Gasteiger partial charge on any atom is 0.289 e. The molecule has 1 aromatic heterocycles. The smallest absolute Gasteiger partial charge is 0.289 e. The number of para-hydroxylation sites is 1. The average molecular weight is 276 g/mol. The molecule has 0 saturated carbocycles. The van der Waals surface area contributed by atoms with Crippen molar-refractivity contribution >= 4 is 16.8 Å². The fourth-order valence-electron chi connectivity index (χ4n) is 1.80. The molecule has 0 bridgehead atoms. The number of fused-ring (bicyclic) bond motifs is 1. The Hall–Kier alpha value is -2.41. The van der Waals surface area contributed by atoms with Gasteiger partial charge in [-0.15, -0.1) is 0 Å². The Morgan fingerprint density at radius 2 is 2.20 bits per heavy atom. The molecule has 0 fully saturated rings. The number of hydrogen-bond acceptors (Lipinski definition) is 5. The molecular formula is C13H16N4O3. The molecule has 0 unspecified atom stereocenters. The Morgan fingerprint density at radius 3 is 2.95 bits per heavy atom. The van der Waals surface area contributed by atoms with Gasteiger partial charge >= 0.3 is 0 Å². The summed E-state index contributed by atoms with van der Waals surface area (Å²) in [6.07, 6.45) is 0.671. The van der Waals surface area contributed by atoms with Crippen LogP contribution in [0.4, 0.5) is 0 Å². The second-order valence-electron chi connectivity index (χ2n) is 4.23. The monoisotopic (exact) mass is 276 g/mol. The van der Waals surface area contributed by atoms with Gasteiger partial charge in [0.2, 0.25) is 5.82 Å². The second kappa shape index (κ2) is 6.16. The van der Waals surface area contributed by atoms with Crippen molar-refractivity contribution in [3.63, 3.8) is 0 Å². The normalized spacial score (nSPS) is 10.7. The van der Waals surface area contributed by atoms with Crippen LogP contribution in [-0.4, -0.2) is 35.8 Å². The van der Waals surface area contributed by atoms with Crippen molar-refractivity contribution in [1.82, 2.24) is 15.0 Å². The topological polar surface area (TPSA) is 99.2 Å². The van der Waals surface area contributed by atoms with E-state index in [4.69, 9.17) is 10.6 Å². The predicted molar refractivity (Wildman–Crippen MR) is 75.0 cm³/mol. The number of hydrogen-bond donors (Lipinski definition) is 2. The van der Waals surface area contributed by atoms with Crippen LogP contribution in [0.25, 0.3) is 10.9 Å². The van der Waals surface area contributed by atoms with E-state index in [-0.39, 0.29) is 5.82 Å². The maximum absolute atomic E-state index is 12.0. The zero-order chi connectivity index (χ0) is 14.5. The van der Waals surface area contributed by atoms with E-state index in [9.17, 15) is 9.59 Å². The molecule has 7 nitrogen and oxygen atoms in total. The SMILES string of the molecule is COCCCNC(=O)c1nc2ccccc2c(=O)n1N. The molecule has 0 aliphatic rings. The Labute approximate surface area is 115 Å². The van der Waals surface area contributed by atoms with Gasteiger partial charge in [-0.1, -0.05) is 12.1 Å². The van der Waals surface area contributed by atoms with Crippen LogP contribution in [0.3, 0.4) is 0 Å². The van der Waals surface area contributed by atoms with E-state index in [1.807, 2.05) is 0 Å². The summed E-state index contributed by atoms with van der Waals surface area (Å²) in [5.74, 6) is 5.05. The number of amides is 1. The third kappa shape index (κ3) is 2.77. The molecule has 1 heterocycles. The first-order chi connectivity index (χ1) is 9.65. The van der Waals surface area contributed by atoms with Crippen molar-refractivity contribution in [3.05, 3.63) is 40.4 Å². The van der Waals surface area contributed by atoms with Crippen LogP contribution in [-0.2, 0) is 4.74 Å². The number of benzene rings is 1. The van der Waals surface area contributed by atoms with Crippen molar-refractivity contribution < 1.29 is 9.53 Å². The van der Waals surface area contributed by atoms with Crippen molar-refractivity contribution in [3.8, 4) is 0 Å². The fraction of sp³-hybridized carbons (Fsp3) is 0.308. The van der Waals surface area contributed by atoms with Crippen LogP contribution in [0.15, 0.2) is 29.1 Å². The summed E-state index contributed by atoms with van der Waals surface area (Å²) < 4.78 is 5.65. The van der Waals surface area contributed by atoms with Crippen molar-refractivity contribution in [1.29, 1.82) is 0 Å². The summed E-state index contributed by atoms with van der Waals surface area (Å²) in [6.45, 7) is 0.968. The van der Waals surface area contributed by atoms with Gasteiger partial charge < -0.3 is 15.9 Å². The number of carbonyl (C=O) groups excluding carboxylic acids is 1. The van der Waals surface area contributed by atoms with E-state index in [0.717, 1.165) is 4.68 Å². The average Bonchev–Trinajstić information content (AvgIpc) is 2.47. The number of carbonyl (C=O) groups is 1. The van der Waals surface area contributed by atoms with E-state index >= 15 is 0 Å². The number of nitrogens with zero attached hydrogens (tertiary/aromatic N) is 2. The summed E-state index contributed by atoms with van der Waals surface area (Å²) in [5.41, 5.74) is -0.00103. The van der Waals surface area contributed by atoms with Crippen LogP contribution in [0.2, 0.25) is 0 Å². The number of methoxy groups -OCH3 is 1. The van der Waals surface area contributed by atoms with E-state index in [1.54, 1.807) is 31.4 Å². The van der Waals surface area contributed by atoms with Crippen molar-refractivity contribution in [2.24, 2.45) is 0 Å². The van der Waals surface area contributed by atoms with E-state index in [0.29, 0.717) is 30.5 Å². The largest absolute Gasteiger partial charge is 0.385 e. The Morgan fingerprint density at radius 1 is 1.45 bits per heavy atom. The number of nitrogens with one attached hydrogen (secondary N) is 1. The number of ether oxygens (including phenoxy) is 1. The molecule has 7 heteroatoms. The molecule has 2 rings (SSSR count). The zero-order valence-corrected chi connectivity index (χ0v) is 11.1. The molecule has 2 aromatic rings. The Kier molecular flexibility index (Phi) is 4.31. The fourth-order valence-corrected chi connectivity index (χ4v) is 1.80. The van der Waals surface area contributed by atoms with Crippen LogP contribution >= 0.6 is 0 Å². The molecule has 0 radical (unpaired) electrons. The van der Waals surface area contributed by atoms with Gasteiger partial charge in [0.1, 0.15) is 0 Å². The van der Waals surface area contributed by atoms with Gasteiger partial charge in [-0.05, 0) is 18.6 Å². The molecule has 20 heavy (non-hydrogen) atoms. The third-order valence-electron chi connectivity index (χ3n) is 2.82. The minimum atomic E-state index is -0.480. The first kappa shape index (κ1) is 14.0. The van der Waals surface area contributed by atoms with Gasteiger partial charge in [0, 0.05) is 20.3 Å². The first-order valence-corrected chi connectivity index (χ1v) is 6.19. The summed E-state index contributed by atoms with van der Waals surface area (Å²) in [6, 6.07) is 6.75. The lowest BCUT2D eigenvalue weighted by Gasteiger charge is -2.09. The summed E-state index contributed by atoms with van der Waals surface area (Å²) >= 11 is 0. The van der Waals surface area contributed by atoms with Gasteiger partial charge in [-0.2, -0.15) is 0 Å². The number of rotatable bonds is 5. The van der Waals surface area contributed by atoms with Crippen LogP contribution in [0.1, 0.15) is 17.0 Å². The predicted octanol–water partition coefficient (Wildman–Crippen LogP) is -0.123. The minimum absolute atomic E-state index is 0.105. The molecule has 1 amide bonds. The summed E-state index contributed by atoms with van der Waals surface area (Å²) in [7, 11) is 1.59. The molecule has 0 spiro atoms.